The summed E-state index contributed by atoms with van der Waals surface area (Å²) in [6.07, 6.45) is 10.3. The molecule has 1 atom stereocenters. The highest BCUT2D eigenvalue weighted by atomic mass is 19.1. The van der Waals surface area contributed by atoms with Gasteiger partial charge in [0.25, 0.3) is 5.91 Å². The van der Waals surface area contributed by atoms with Crippen molar-refractivity contribution in [1.29, 1.82) is 0 Å². The van der Waals surface area contributed by atoms with Gasteiger partial charge in [0.1, 0.15) is 5.82 Å². The highest BCUT2D eigenvalue weighted by molar-refractivity contribution is 5.94. The number of nitrogens with one attached hydrogen (secondary N) is 1. The summed E-state index contributed by atoms with van der Waals surface area (Å²) >= 11 is 0. The number of nitrogens with zero attached hydrogens (tertiary/aromatic N) is 1. The highest BCUT2D eigenvalue weighted by Crippen LogP contribution is 2.28. The van der Waals surface area contributed by atoms with Crippen molar-refractivity contribution in [1.82, 2.24) is 10.2 Å². The lowest BCUT2D eigenvalue weighted by molar-refractivity contribution is -0.133. The van der Waals surface area contributed by atoms with Crippen LogP contribution >= 0.6 is 0 Å². The van der Waals surface area contributed by atoms with Gasteiger partial charge in [0.05, 0.1) is 0 Å². The van der Waals surface area contributed by atoms with Crippen LogP contribution in [0, 0.1) is 17.7 Å². The number of halogens is 1. The molecular weight excluding hydrogens is 343 g/mol. The smallest absolute Gasteiger partial charge is 0.251 e. The molecule has 4 nitrogen and oxygen atoms in total. The number of amides is 2. The monoisotopic (exact) mass is 374 g/mol. The quantitative estimate of drug-likeness (QED) is 0.813. The SMILES string of the molecule is O=C(NC[C@H]1CCCN(C(=O)CCC2CCCCC2)C1)c1ccc(F)cc1. The molecule has 3 rings (SSSR count). The number of carbonyl (C=O) groups is 2. The third-order valence-corrected chi connectivity index (χ3v) is 6.02. The Morgan fingerprint density at radius 3 is 2.44 bits per heavy atom. The summed E-state index contributed by atoms with van der Waals surface area (Å²) in [4.78, 5) is 26.7. The number of benzene rings is 1. The second-order valence-corrected chi connectivity index (χ2v) is 8.11. The van der Waals surface area contributed by atoms with Gasteiger partial charge < -0.3 is 10.2 Å². The van der Waals surface area contributed by atoms with Gasteiger partial charge in [-0.15, -0.1) is 0 Å². The second-order valence-electron chi connectivity index (χ2n) is 8.11. The molecule has 148 valence electrons. The molecule has 1 N–H and O–H groups in total. The van der Waals surface area contributed by atoms with Gasteiger partial charge in [-0.05, 0) is 55.4 Å². The minimum Gasteiger partial charge on any atom is -0.352 e. The molecule has 0 unspecified atom stereocenters. The van der Waals surface area contributed by atoms with Crippen molar-refractivity contribution in [2.75, 3.05) is 19.6 Å². The van der Waals surface area contributed by atoms with Crippen LogP contribution in [-0.4, -0.2) is 36.3 Å². The molecule has 1 saturated carbocycles. The van der Waals surface area contributed by atoms with Crippen molar-refractivity contribution in [3.8, 4) is 0 Å². The van der Waals surface area contributed by atoms with Crippen LogP contribution in [0.3, 0.4) is 0 Å². The topological polar surface area (TPSA) is 49.4 Å². The molecule has 0 spiro atoms. The summed E-state index contributed by atoms with van der Waals surface area (Å²) in [6, 6.07) is 5.57. The van der Waals surface area contributed by atoms with E-state index < -0.39 is 0 Å². The van der Waals surface area contributed by atoms with Crippen LogP contribution in [0.2, 0.25) is 0 Å². The molecule has 2 fully saturated rings. The number of hydrogen-bond donors (Lipinski definition) is 1. The zero-order chi connectivity index (χ0) is 19.1. The molecule has 1 aromatic carbocycles. The van der Waals surface area contributed by atoms with E-state index >= 15 is 0 Å². The summed E-state index contributed by atoms with van der Waals surface area (Å²) in [7, 11) is 0. The van der Waals surface area contributed by atoms with Gasteiger partial charge in [-0.1, -0.05) is 32.1 Å². The zero-order valence-electron chi connectivity index (χ0n) is 16.1. The van der Waals surface area contributed by atoms with Crippen molar-refractivity contribution in [3.05, 3.63) is 35.6 Å². The molecule has 1 aliphatic carbocycles. The Labute approximate surface area is 161 Å². The fraction of sp³-hybridized carbons (Fsp3) is 0.636. The molecule has 1 aromatic rings. The summed E-state index contributed by atoms with van der Waals surface area (Å²) in [5.74, 6) is 0.771. The lowest BCUT2D eigenvalue weighted by atomic mass is 9.86. The summed E-state index contributed by atoms with van der Waals surface area (Å²) in [5, 5.41) is 2.93. The van der Waals surface area contributed by atoms with Crippen LogP contribution in [0.25, 0.3) is 0 Å². The molecule has 1 aliphatic heterocycles. The second kappa shape index (κ2) is 9.86. The standard InChI is InChI=1S/C22H31FN2O2/c23-20-11-9-19(10-12-20)22(27)24-15-18-7-4-14-25(16-18)21(26)13-8-17-5-2-1-3-6-17/h9-12,17-18H,1-8,13-16H2,(H,24,27)/t18-/m1/s1. The van der Waals surface area contributed by atoms with Crippen LogP contribution in [0.4, 0.5) is 4.39 Å². The molecule has 1 saturated heterocycles. The first-order chi connectivity index (χ1) is 13.1. The van der Waals surface area contributed by atoms with E-state index in [9.17, 15) is 14.0 Å². The maximum absolute atomic E-state index is 13.0. The number of piperidine rings is 1. The van der Waals surface area contributed by atoms with E-state index in [0.29, 0.717) is 24.4 Å². The molecule has 2 aliphatic rings. The molecule has 27 heavy (non-hydrogen) atoms. The van der Waals surface area contributed by atoms with E-state index in [1.807, 2.05) is 4.90 Å². The van der Waals surface area contributed by atoms with Crippen LogP contribution in [0.5, 0.6) is 0 Å². The molecule has 0 radical (unpaired) electrons. The van der Waals surface area contributed by atoms with Crippen LogP contribution in [0.15, 0.2) is 24.3 Å². The Morgan fingerprint density at radius 2 is 1.70 bits per heavy atom. The molecule has 5 heteroatoms. The lowest BCUT2D eigenvalue weighted by Crippen LogP contribution is -2.43. The molecule has 0 aromatic heterocycles. The van der Waals surface area contributed by atoms with Crippen molar-refractivity contribution in [3.63, 3.8) is 0 Å². The number of likely N-dealkylation sites (tertiary alicyclic amines) is 1. The summed E-state index contributed by atoms with van der Waals surface area (Å²) in [5.41, 5.74) is 0.465. The maximum atomic E-state index is 13.0. The first-order valence-corrected chi connectivity index (χ1v) is 10.4. The molecule has 1 heterocycles. The fourth-order valence-electron chi connectivity index (χ4n) is 4.36. The summed E-state index contributed by atoms with van der Waals surface area (Å²) in [6.45, 7) is 2.13. The normalized spacial score (nSPS) is 21.1. The third kappa shape index (κ3) is 6.05. The van der Waals surface area contributed by atoms with Crippen molar-refractivity contribution in [2.24, 2.45) is 11.8 Å². The Morgan fingerprint density at radius 1 is 1.00 bits per heavy atom. The average Bonchev–Trinajstić information content (AvgIpc) is 2.71. The van der Waals surface area contributed by atoms with Gasteiger partial charge in [-0.2, -0.15) is 0 Å². The van der Waals surface area contributed by atoms with E-state index in [2.05, 4.69) is 5.32 Å². The van der Waals surface area contributed by atoms with Gasteiger partial charge in [0, 0.05) is 31.6 Å². The lowest BCUT2D eigenvalue weighted by Gasteiger charge is -2.33. The molecule has 2 amide bonds. The predicted molar refractivity (Wildman–Crippen MR) is 104 cm³/mol. The number of hydrogen-bond acceptors (Lipinski definition) is 2. The largest absolute Gasteiger partial charge is 0.352 e. The van der Waals surface area contributed by atoms with Crippen LogP contribution < -0.4 is 5.32 Å². The van der Waals surface area contributed by atoms with E-state index in [4.69, 9.17) is 0 Å². The average molecular weight is 375 g/mol. The fourth-order valence-corrected chi connectivity index (χ4v) is 4.36. The van der Waals surface area contributed by atoms with E-state index in [1.165, 1.54) is 56.4 Å². The van der Waals surface area contributed by atoms with E-state index in [0.717, 1.165) is 38.3 Å². The van der Waals surface area contributed by atoms with Crippen LogP contribution in [-0.2, 0) is 4.79 Å². The van der Waals surface area contributed by atoms with Crippen molar-refractivity contribution >= 4 is 11.8 Å². The molecular formula is C22H31FN2O2. The number of rotatable bonds is 6. The first-order valence-electron chi connectivity index (χ1n) is 10.4. The van der Waals surface area contributed by atoms with Gasteiger partial charge in [-0.25, -0.2) is 4.39 Å². The first kappa shape index (κ1) is 19.8. The van der Waals surface area contributed by atoms with Gasteiger partial charge in [0.2, 0.25) is 5.91 Å². The Hall–Kier alpha value is -1.91. The summed E-state index contributed by atoms with van der Waals surface area (Å²) < 4.78 is 13.0. The number of carbonyl (C=O) groups excluding carboxylic acids is 2. The predicted octanol–water partition coefficient (Wildman–Crippen LogP) is 4.15. The van der Waals surface area contributed by atoms with Crippen molar-refractivity contribution < 1.29 is 14.0 Å². The van der Waals surface area contributed by atoms with E-state index in [-0.39, 0.29) is 17.6 Å². The molecule has 0 bridgehead atoms. The van der Waals surface area contributed by atoms with Crippen LogP contribution in [0.1, 0.15) is 68.1 Å². The minimum absolute atomic E-state index is 0.184. The Bertz CT molecular complexity index is 626. The van der Waals surface area contributed by atoms with E-state index in [1.54, 1.807) is 0 Å². The van der Waals surface area contributed by atoms with Gasteiger partial charge in [0.15, 0.2) is 0 Å². The van der Waals surface area contributed by atoms with Crippen molar-refractivity contribution in [2.45, 2.75) is 57.8 Å². The highest BCUT2D eigenvalue weighted by Gasteiger charge is 2.25. The van der Waals surface area contributed by atoms with Gasteiger partial charge in [-0.3, -0.25) is 9.59 Å². The third-order valence-electron chi connectivity index (χ3n) is 6.02. The zero-order valence-corrected chi connectivity index (χ0v) is 16.1. The Kier molecular flexibility index (Phi) is 7.25. The Balaban J connectivity index is 1.41. The van der Waals surface area contributed by atoms with Gasteiger partial charge >= 0.3 is 0 Å². The minimum atomic E-state index is -0.346. The maximum Gasteiger partial charge on any atom is 0.251 e.